The first-order valence-corrected chi connectivity index (χ1v) is 5.69. The lowest BCUT2D eigenvalue weighted by atomic mass is 9.91. The van der Waals surface area contributed by atoms with Gasteiger partial charge >= 0.3 is 5.97 Å². The van der Waals surface area contributed by atoms with Crippen LogP contribution in [0.3, 0.4) is 0 Å². The fraction of sp³-hybridized carbons (Fsp3) is 0.818. The number of fused-ring (bicyclic) bond motifs is 1. The molecule has 4 nitrogen and oxygen atoms in total. The Morgan fingerprint density at radius 2 is 2.07 bits per heavy atom. The Bertz CT molecular complexity index is 277. The molecule has 2 rings (SSSR count). The van der Waals surface area contributed by atoms with E-state index in [0.29, 0.717) is 12.5 Å². The molecule has 0 aromatic heterocycles. The highest BCUT2D eigenvalue weighted by Gasteiger charge is 2.40. The Hall–Kier alpha value is -1.06. The van der Waals surface area contributed by atoms with E-state index in [0.717, 1.165) is 19.3 Å². The third-order valence-electron chi connectivity index (χ3n) is 3.57. The predicted octanol–water partition coefficient (Wildman–Crippen LogP) is 1.11. The van der Waals surface area contributed by atoms with Gasteiger partial charge in [-0.05, 0) is 18.8 Å². The van der Waals surface area contributed by atoms with E-state index in [9.17, 15) is 9.59 Å². The number of carboxylic acid groups (broad SMARTS) is 1. The zero-order valence-corrected chi connectivity index (χ0v) is 8.82. The Morgan fingerprint density at radius 1 is 1.33 bits per heavy atom. The van der Waals surface area contributed by atoms with Crippen LogP contribution >= 0.6 is 0 Å². The third kappa shape index (κ3) is 2.13. The van der Waals surface area contributed by atoms with Crippen molar-refractivity contribution < 1.29 is 14.7 Å². The molecule has 0 bridgehead atoms. The summed E-state index contributed by atoms with van der Waals surface area (Å²) in [5.41, 5.74) is 0. The third-order valence-corrected chi connectivity index (χ3v) is 3.57. The molecule has 1 aliphatic heterocycles. The average molecular weight is 211 g/mol. The highest BCUT2D eigenvalue weighted by molar-refractivity contribution is 5.85. The summed E-state index contributed by atoms with van der Waals surface area (Å²) < 4.78 is 0. The summed E-state index contributed by atoms with van der Waals surface area (Å²) >= 11 is 0. The maximum Gasteiger partial charge on any atom is 0.323 e. The van der Waals surface area contributed by atoms with Crippen molar-refractivity contribution in [2.45, 2.75) is 32.1 Å². The lowest BCUT2D eigenvalue weighted by molar-refractivity contribution is -0.143. The van der Waals surface area contributed by atoms with Crippen LogP contribution in [0.1, 0.15) is 32.1 Å². The van der Waals surface area contributed by atoms with Crippen molar-refractivity contribution in [1.82, 2.24) is 4.90 Å². The van der Waals surface area contributed by atoms with Gasteiger partial charge in [-0.3, -0.25) is 9.59 Å². The molecule has 1 saturated heterocycles. The first-order valence-electron chi connectivity index (χ1n) is 5.69. The van der Waals surface area contributed by atoms with E-state index < -0.39 is 5.97 Å². The minimum atomic E-state index is -0.903. The van der Waals surface area contributed by atoms with E-state index in [1.54, 1.807) is 0 Å². The van der Waals surface area contributed by atoms with E-state index in [-0.39, 0.29) is 18.4 Å². The van der Waals surface area contributed by atoms with Crippen molar-refractivity contribution in [3.05, 3.63) is 0 Å². The van der Waals surface area contributed by atoms with Crippen molar-refractivity contribution in [1.29, 1.82) is 0 Å². The molecule has 2 fully saturated rings. The topological polar surface area (TPSA) is 57.6 Å². The minimum Gasteiger partial charge on any atom is -0.480 e. The quantitative estimate of drug-likeness (QED) is 0.744. The molecule has 1 N–H and O–H groups in total. The first-order chi connectivity index (χ1) is 7.18. The van der Waals surface area contributed by atoms with Crippen molar-refractivity contribution in [2.75, 3.05) is 13.1 Å². The number of likely N-dealkylation sites (tertiary alicyclic amines) is 1. The van der Waals surface area contributed by atoms with Gasteiger partial charge in [-0.2, -0.15) is 0 Å². The average Bonchev–Trinajstić information content (AvgIpc) is 2.40. The molecule has 0 unspecified atom stereocenters. The molecule has 0 aromatic rings. The second kappa shape index (κ2) is 4.21. The second-order valence-corrected chi connectivity index (χ2v) is 4.62. The number of hydrogen-bond acceptors (Lipinski definition) is 2. The Balaban J connectivity index is 2.03. The zero-order chi connectivity index (χ0) is 10.8. The Morgan fingerprint density at radius 3 is 2.80 bits per heavy atom. The van der Waals surface area contributed by atoms with Gasteiger partial charge < -0.3 is 10.0 Å². The van der Waals surface area contributed by atoms with Crippen molar-refractivity contribution >= 4 is 11.9 Å². The van der Waals surface area contributed by atoms with E-state index in [1.165, 1.54) is 17.7 Å². The minimum absolute atomic E-state index is 0.0734. The summed E-state index contributed by atoms with van der Waals surface area (Å²) in [5.74, 6) is -0.296. The first kappa shape index (κ1) is 10.5. The van der Waals surface area contributed by atoms with Crippen LogP contribution in [0.5, 0.6) is 0 Å². The monoisotopic (exact) mass is 211 g/mol. The van der Waals surface area contributed by atoms with Crippen LogP contribution in [0.2, 0.25) is 0 Å². The van der Waals surface area contributed by atoms with Gasteiger partial charge in [0.2, 0.25) is 5.91 Å². The molecular weight excluding hydrogens is 194 g/mol. The van der Waals surface area contributed by atoms with Crippen LogP contribution < -0.4 is 0 Å². The molecule has 15 heavy (non-hydrogen) atoms. The summed E-state index contributed by atoms with van der Waals surface area (Å²) in [6.45, 7) is 0.543. The van der Waals surface area contributed by atoms with Crippen LogP contribution in [0.15, 0.2) is 0 Å². The van der Waals surface area contributed by atoms with E-state index in [1.807, 2.05) is 0 Å². The summed E-state index contributed by atoms with van der Waals surface area (Å²) in [6.07, 6.45) is 5.58. The van der Waals surface area contributed by atoms with Crippen LogP contribution in [-0.4, -0.2) is 35.0 Å². The number of amides is 1. The fourth-order valence-electron chi connectivity index (χ4n) is 2.84. The molecule has 84 valence electrons. The van der Waals surface area contributed by atoms with Gasteiger partial charge in [0.1, 0.15) is 6.54 Å². The maximum absolute atomic E-state index is 11.9. The molecule has 0 spiro atoms. The molecule has 0 aromatic carbocycles. The number of hydrogen-bond donors (Lipinski definition) is 1. The van der Waals surface area contributed by atoms with Crippen LogP contribution in [0.25, 0.3) is 0 Å². The lowest BCUT2D eigenvalue weighted by Crippen LogP contribution is -2.32. The Kier molecular flexibility index (Phi) is 2.93. The molecule has 2 atom stereocenters. The highest BCUT2D eigenvalue weighted by Crippen LogP contribution is 2.35. The van der Waals surface area contributed by atoms with Crippen molar-refractivity contribution in [3.8, 4) is 0 Å². The van der Waals surface area contributed by atoms with Gasteiger partial charge in [0.15, 0.2) is 0 Å². The largest absolute Gasteiger partial charge is 0.480 e. The SMILES string of the molecule is O=C(O)CN1C[C@H]2CCCCC[C@H]2C1=O. The number of carbonyl (C=O) groups is 2. The lowest BCUT2D eigenvalue weighted by Gasteiger charge is -2.13. The zero-order valence-electron chi connectivity index (χ0n) is 8.82. The van der Waals surface area contributed by atoms with Gasteiger partial charge in [0.05, 0.1) is 0 Å². The molecule has 4 heteroatoms. The molecule has 0 radical (unpaired) electrons. The van der Waals surface area contributed by atoms with Gasteiger partial charge in [-0.15, -0.1) is 0 Å². The van der Waals surface area contributed by atoms with Gasteiger partial charge in [0.25, 0.3) is 0 Å². The number of carbonyl (C=O) groups excluding carboxylic acids is 1. The molecular formula is C11H17NO3. The van der Waals surface area contributed by atoms with E-state index >= 15 is 0 Å². The van der Waals surface area contributed by atoms with E-state index in [2.05, 4.69) is 0 Å². The summed E-state index contributed by atoms with van der Waals surface area (Å²) in [6, 6.07) is 0. The van der Waals surface area contributed by atoms with E-state index in [4.69, 9.17) is 5.11 Å². The summed E-state index contributed by atoms with van der Waals surface area (Å²) in [5, 5.41) is 8.69. The maximum atomic E-state index is 11.9. The normalized spacial score (nSPS) is 31.2. The standard InChI is InChI=1S/C11H17NO3/c13-10(14)7-12-6-8-4-2-1-3-5-9(8)11(12)15/h8-9H,1-7H2,(H,13,14)/t8-,9-/m1/s1. The molecule has 1 heterocycles. The summed E-state index contributed by atoms with van der Waals surface area (Å²) in [7, 11) is 0. The number of carboxylic acids is 1. The number of nitrogens with zero attached hydrogens (tertiary/aromatic N) is 1. The van der Waals surface area contributed by atoms with Crippen molar-refractivity contribution in [2.24, 2.45) is 11.8 Å². The predicted molar refractivity (Wildman–Crippen MR) is 54.3 cm³/mol. The molecule has 1 aliphatic carbocycles. The number of rotatable bonds is 2. The smallest absolute Gasteiger partial charge is 0.323 e. The Labute approximate surface area is 89.3 Å². The molecule has 2 aliphatic rings. The summed E-state index contributed by atoms with van der Waals surface area (Å²) in [4.78, 5) is 24.0. The van der Waals surface area contributed by atoms with Crippen LogP contribution in [-0.2, 0) is 9.59 Å². The van der Waals surface area contributed by atoms with Crippen molar-refractivity contribution in [3.63, 3.8) is 0 Å². The number of aliphatic carboxylic acids is 1. The highest BCUT2D eigenvalue weighted by atomic mass is 16.4. The second-order valence-electron chi connectivity index (χ2n) is 4.62. The molecule has 1 saturated carbocycles. The van der Waals surface area contributed by atoms with Gasteiger partial charge in [0, 0.05) is 12.5 Å². The van der Waals surface area contributed by atoms with Crippen LogP contribution in [0, 0.1) is 11.8 Å². The van der Waals surface area contributed by atoms with Gasteiger partial charge in [-0.1, -0.05) is 19.3 Å². The van der Waals surface area contributed by atoms with Crippen LogP contribution in [0.4, 0.5) is 0 Å². The van der Waals surface area contributed by atoms with Gasteiger partial charge in [-0.25, -0.2) is 0 Å². The fourth-order valence-corrected chi connectivity index (χ4v) is 2.84. The molecule has 1 amide bonds.